The summed E-state index contributed by atoms with van der Waals surface area (Å²) in [4.78, 5) is 121. The number of hydrogen-bond acceptors (Lipinski definition) is 15. The van der Waals surface area contributed by atoms with Gasteiger partial charge in [-0.25, -0.2) is 28.1 Å². The summed E-state index contributed by atoms with van der Waals surface area (Å²) in [6, 6.07) is 54.0. The van der Waals surface area contributed by atoms with E-state index in [9.17, 15) is 43.2 Å². The number of esters is 3. The van der Waals surface area contributed by atoms with Crippen LogP contribution in [0.1, 0.15) is 82.8 Å². The third kappa shape index (κ3) is 16.6. The van der Waals surface area contributed by atoms with E-state index in [4.69, 9.17) is 14.2 Å². The first-order valence-electron chi connectivity index (χ1n) is 25.2. The zero-order valence-electron chi connectivity index (χ0n) is 42.5. The molecule has 0 bridgehead atoms. The Kier molecular flexibility index (Phi) is 22.4. The third-order valence-electron chi connectivity index (χ3n) is 12.1. The maximum atomic E-state index is 13.9. The molecule has 0 saturated carbocycles. The number of benzene rings is 6. The zero-order valence-corrected chi connectivity index (χ0v) is 45.0. The highest BCUT2D eigenvalue weighted by Gasteiger charge is 2.26. The monoisotopic (exact) mass is 1110 g/mol. The molecule has 15 nitrogen and oxygen atoms in total. The molecule has 0 radical (unpaired) electrons. The molecule has 402 valence electrons. The third-order valence-corrected chi connectivity index (χ3v) is 15.9. The van der Waals surface area contributed by atoms with Crippen LogP contribution in [0, 0.1) is 0 Å². The van der Waals surface area contributed by atoms with Gasteiger partial charge in [-0.3, -0.25) is 28.8 Å². The second-order valence-electron chi connectivity index (χ2n) is 17.4. The Morgan fingerprint density at radius 3 is 0.782 bits per heavy atom. The van der Waals surface area contributed by atoms with Crippen LogP contribution in [0.3, 0.4) is 0 Å². The van der Waals surface area contributed by atoms with Crippen molar-refractivity contribution in [3.05, 3.63) is 247 Å². The number of rotatable bonds is 30. The van der Waals surface area contributed by atoms with E-state index in [0.29, 0.717) is 30.4 Å². The van der Waals surface area contributed by atoms with E-state index >= 15 is 0 Å². The zero-order chi connectivity index (χ0) is 55.1. The summed E-state index contributed by atoms with van der Waals surface area (Å²) in [5.41, 5.74) is 0.719. The first-order valence-corrected chi connectivity index (χ1v) is 28.3. The fourth-order valence-corrected chi connectivity index (χ4v) is 11.6. The standard InChI is InChI=1S/C60H57N3O12S3/c64-49(31-40-76-55(46-25-13-4-14-26-46)52(67)43-19-7-1-8-20-43)73-37-34-61-58(70)62(35-38-74-50(65)32-41-77-56(47-27-15-5-16-28-47)53(68)44-21-9-2-10-22-44)60(72)63(59(61)71)36-39-75-51(66)33-42-78-57(48-29-17-6-18-30-48)54(69)45-23-11-3-12-24-45/h1-30,55-57H,31-42H2. The lowest BCUT2D eigenvalue weighted by molar-refractivity contribution is -0.144. The molecule has 1 aromatic heterocycles. The van der Waals surface area contributed by atoms with Crippen molar-refractivity contribution in [1.29, 1.82) is 0 Å². The summed E-state index contributed by atoms with van der Waals surface area (Å²) in [5.74, 6) is -1.70. The molecule has 1 heterocycles. The first-order chi connectivity index (χ1) is 38.0. The summed E-state index contributed by atoms with van der Waals surface area (Å²) >= 11 is 3.83. The number of ketones is 3. The van der Waals surface area contributed by atoms with E-state index in [1.54, 1.807) is 72.8 Å². The second-order valence-corrected chi connectivity index (χ2v) is 21.0. The molecule has 7 aromatic rings. The van der Waals surface area contributed by atoms with Crippen molar-refractivity contribution in [3.8, 4) is 0 Å². The average Bonchev–Trinajstić information content (AvgIpc) is 3.55. The summed E-state index contributed by atoms with van der Waals surface area (Å²) in [5, 5.41) is -1.79. The van der Waals surface area contributed by atoms with E-state index in [0.717, 1.165) is 16.7 Å². The van der Waals surface area contributed by atoms with Crippen molar-refractivity contribution < 1.29 is 43.0 Å². The fraction of sp³-hybridized carbons (Fsp3) is 0.250. The molecule has 0 aliphatic carbocycles. The highest BCUT2D eigenvalue weighted by molar-refractivity contribution is 8.00. The van der Waals surface area contributed by atoms with Crippen LogP contribution in [0.2, 0.25) is 0 Å². The number of aromatic nitrogens is 3. The first kappa shape index (κ1) is 57.9. The van der Waals surface area contributed by atoms with Gasteiger partial charge in [0, 0.05) is 33.9 Å². The molecule has 0 fully saturated rings. The number of nitrogens with zero attached hydrogens (tertiary/aromatic N) is 3. The Balaban J connectivity index is 0.982. The number of thioether (sulfide) groups is 3. The molecular formula is C60H57N3O12S3. The van der Waals surface area contributed by atoms with Gasteiger partial charge in [0.1, 0.15) is 19.8 Å². The van der Waals surface area contributed by atoms with Crippen molar-refractivity contribution >= 4 is 70.5 Å². The topological polar surface area (TPSA) is 196 Å². The Labute approximate surface area is 463 Å². The Bertz CT molecular complexity index is 2910. The number of carbonyl (C=O) groups excluding carboxylic acids is 6. The van der Waals surface area contributed by atoms with Crippen molar-refractivity contribution in [2.45, 2.75) is 54.6 Å². The van der Waals surface area contributed by atoms with Crippen molar-refractivity contribution in [1.82, 2.24) is 13.7 Å². The molecule has 0 amide bonds. The van der Waals surface area contributed by atoms with Crippen LogP contribution in [0.4, 0.5) is 0 Å². The molecule has 0 aliphatic rings. The Hall–Kier alpha value is -7.80. The minimum Gasteiger partial charge on any atom is -0.464 e. The SMILES string of the molecule is O=C(CCSC(C(=O)c1ccccc1)c1ccccc1)OCCn1c(=O)n(CCOC(=O)CCSC(C(=O)c2ccccc2)c2ccccc2)c(=O)n(CCOC(=O)CCSC(C(=O)c2ccccc2)c2ccccc2)c1=O. The van der Waals surface area contributed by atoms with Gasteiger partial charge >= 0.3 is 35.0 Å². The predicted octanol–water partition coefficient (Wildman–Crippen LogP) is 9.04. The molecule has 3 atom stereocenters. The van der Waals surface area contributed by atoms with Gasteiger partial charge in [0.05, 0.1) is 54.6 Å². The lowest BCUT2D eigenvalue weighted by atomic mass is 10.0. The minimum absolute atomic E-state index is 0.102. The minimum atomic E-state index is -1.05. The molecule has 3 unspecified atom stereocenters. The number of hydrogen-bond donors (Lipinski definition) is 0. The number of ether oxygens (including phenoxy) is 3. The van der Waals surface area contributed by atoms with Gasteiger partial charge in [-0.1, -0.05) is 182 Å². The van der Waals surface area contributed by atoms with E-state index < -0.39 is 90.2 Å². The quantitative estimate of drug-likeness (QED) is 0.0235. The van der Waals surface area contributed by atoms with Crippen LogP contribution in [0.25, 0.3) is 0 Å². The summed E-state index contributed by atoms with van der Waals surface area (Å²) in [7, 11) is 0. The van der Waals surface area contributed by atoms with Gasteiger partial charge in [0.15, 0.2) is 17.3 Å². The molecule has 0 saturated heterocycles. The molecule has 0 spiro atoms. The summed E-state index contributed by atoms with van der Waals surface area (Å²) in [6.07, 6.45) is -0.307. The lowest BCUT2D eigenvalue weighted by Crippen LogP contribution is -2.55. The second kappa shape index (κ2) is 30.2. The van der Waals surface area contributed by atoms with Crippen LogP contribution < -0.4 is 17.1 Å². The summed E-state index contributed by atoms with van der Waals surface area (Å²) in [6.45, 7) is -2.69. The smallest absolute Gasteiger partial charge is 0.336 e. The van der Waals surface area contributed by atoms with Gasteiger partial charge in [0.2, 0.25) is 0 Å². The van der Waals surface area contributed by atoms with Gasteiger partial charge in [-0.2, -0.15) is 0 Å². The van der Waals surface area contributed by atoms with Crippen LogP contribution in [-0.4, -0.2) is 86.0 Å². The largest absolute Gasteiger partial charge is 0.464 e. The lowest BCUT2D eigenvalue weighted by Gasteiger charge is -2.17. The molecule has 7 rings (SSSR count). The van der Waals surface area contributed by atoms with Gasteiger partial charge < -0.3 is 14.2 Å². The fourth-order valence-electron chi connectivity index (χ4n) is 8.12. The Morgan fingerprint density at radius 2 is 0.551 bits per heavy atom. The van der Waals surface area contributed by atoms with Crippen molar-refractivity contribution in [3.63, 3.8) is 0 Å². The van der Waals surface area contributed by atoms with E-state index in [-0.39, 0.29) is 53.9 Å². The van der Waals surface area contributed by atoms with Crippen LogP contribution in [-0.2, 0) is 48.2 Å². The van der Waals surface area contributed by atoms with Gasteiger partial charge in [-0.05, 0) is 16.7 Å². The van der Waals surface area contributed by atoms with E-state index in [1.807, 2.05) is 109 Å². The van der Waals surface area contributed by atoms with Gasteiger partial charge in [-0.15, -0.1) is 35.3 Å². The highest BCUT2D eigenvalue weighted by atomic mass is 32.2. The number of Topliss-reactive ketones (excluding diaryl/α,β-unsaturated/α-hetero) is 3. The number of carbonyl (C=O) groups is 6. The predicted molar refractivity (Wildman–Crippen MR) is 303 cm³/mol. The van der Waals surface area contributed by atoms with E-state index in [1.165, 1.54) is 35.3 Å². The molecule has 78 heavy (non-hydrogen) atoms. The van der Waals surface area contributed by atoms with Crippen LogP contribution >= 0.6 is 35.3 Å². The van der Waals surface area contributed by atoms with Gasteiger partial charge in [0.25, 0.3) is 0 Å². The van der Waals surface area contributed by atoms with Crippen molar-refractivity contribution in [2.75, 3.05) is 37.1 Å². The average molecular weight is 1110 g/mol. The normalized spacial score (nSPS) is 12.2. The molecule has 0 N–H and O–H groups in total. The van der Waals surface area contributed by atoms with Crippen LogP contribution in [0.5, 0.6) is 0 Å². The molecule has 0 aliphatic heterocycles. The maximum Gasteiger partial charge on any atom is 0.336 e. The summed E-state index contributed by atoms with van der Waals surface area (Å²) < 4.78 is 18.5. The Morgan fingerprint density at radius 1 is 0.333 bits per heavy atom. The highest BCUT2D eigenvalue weighted by Crippen LogP contribution is 2.35. The van der Waals surface area contributed by atoms with Crippen molar-refractivity contribution in [2.24, 2.45) is 0 Å². The molecular weight excluding hydrogens is 1050 g/mol. The van der Waals surface area contributed by atoms with E-state index in [2.05, 4.69) is 0 Å². The van der Waals surface area contributed by atoms with Crippen LogP contribution in [0.15, 0.2) is 196 Å². The molecule has 6 aromatic carbocycles. The molecule has 18 heteroatoms. The maximum absolute atomic E-state index is 13.9.